The topological polar surface area (TPSA) is 41.1 Å². The number of benzene rings is 1. The molecule has 1 aromatic carbocycles. The van der Waals surface area contributed by atoms with E-state index in [0.29, 0.717) is 5.95 Å². The average molecular weight is 284 g/mol. The van der Waals surface area contributed by atoms with E-state index in [1.165, 1.54) is 5.56 Å². The standard InChI is InChI=1S/C17H24N4/c1-4-12-21(13-5-2)16-10-11-18-17(20-16)19-15-8-6-14(3)7-9-15/h6-11H,4-5,12-13H2,1-3H3,(H,18,19,20). The van der Waals surface area contributed by atoms with Crippen LogP contribution in [0.5, 0.6) is 0 Å². The summed E-state index contributed by atoms with van der Waals surface area (Å²) < 4.78 is 0. The molecule has 0 spiro atoms. The summed E-state index contributed by atoms with van der Waals surface area (Å²) in [5.41, 5.74) is 2.25. The van der Waals surface area contributed by atoms with Crippen molar-refractivity contribution < 1.29 is 0 Å². The van der Waals surface area contributed by atoms with Gasteiger partial charge in [-0.3, -0.25) is 0 Å². The number of anilines is 3. The van der Waals surface area contributed by atoms with Crippen LogP contribution in [-0.4, -0.2) is 23.1 Å². The Morgan fingerprint density at radius 1 is 1.00 bits per heavy atom. The van der Waals surface area contributed by atoms with Crippen LogP contribution in [0.3, 0.4) is 0 Å². The van der Waals surface area contributed by atoms with Crippen molar-refractivity contribution in [3.63, 3.8) is 0 Å². The van der Waals surface area contributed by atoms with Gasteiger partial charge in [0.2, 0.25) is 5.95 Å². The maximum atomic E-state index is 4.63. The molecule has 0 atom stereocenters. The maximum absolute atomic E-state index is 4.63. The zero-order chi connectivity index (χ0) is 15.1. The lowest BCUT2D eigenvalue weighted by Crippen LogP contribution is -2.26. The molecule has 1 aromatic heterocycles. The van der Waals surface area contributed by atoms with Gasteiger partial charge in [-0.05, 0) is 38.0 Å². The molecule has 21 heavy (non-hydrogen) atoms. The SMILES string of the molecule is CCCN(CCC)c1ccnc(Nc2ccc(C)cc2)n1. The lowest BCUT2D eigenvalue weighted by Gasteiger charge is -2.22. The first-order chi connectivity index (χ1) is 10.2. The first kappa shape index (κ1) is 15.3. The van der Waals surface area contributed by atoms with Crippen LogP contribution in [0, 0.1) is 6.92 Å². The van der Waals surface area contributed by atoms with Crippen molar-refractivity contribution in [2.24, 2.45) is 0 Å². The van der Waals surface area contributed by atoms with Gasteiger partial charge in [0.25, 0.3) is 0 Å². The summed E-state index contributed by atoms with van der Waals surface area (Å²) in [4.78, 5) is 11.3. The Labute approximate surface area is 127 Å². The molecule has 112 valence electrons. The van der Waals surface area contributed by atoms with Gasteiger partial charge >= 0.3 is 0 Å². The molecule has 4 heteroatoms. The van der Waals surface area contributed by atoms with Crippen LogP contribution in [0.1, 0.15) is 32.3 Å². The van der Waals surface area contributed by atoms with E-state index in [2.05, 4.69) is 53.1 Å². The van der Waals surface area contributed by atoms with Gasteiger partial charge in [-0.15, -0.1) is 0 Å². The molecule has 0 bridgehead atoms. The molecule has 2 aromatic rings. The molecule has 0 aliphatic rings. The minimum atomic E-state index is 0.647. The van der Waals surface area contributed by atoms with Gasteiger partial charge in [-0.2, -0.15) is 4.98 Å². The smallest absolute Gasteiger partial charge is 0.229 e. The van der Waals surface area contributed by atoms with Crippen molar-refractivity contribution in [3.05, 3.63) is 42.1 Å². The molecule has 2 rings (SSSR count). The minimum absolute atomic E-state index is 0.647. The summed E-state index contributed by atoms with van der Waals surface area (Å²) in [5.74, 6) is 1.64. The summed E-state index contributed by atoms with van der Waals surface area (Å²) >= 11 is 0. The average Bonchev–Trinajstić information content (AvgIpc) is 2.50. The van der Waals surface area contributed by atoms with Crippen LogP contribution >= 0.6 is 0 Å². The third kappa shape index (κ3) is 4.45. The number of aromatic nitrogens is 2. The number of rotatable bonds is 7. The second kappa shape index (κ2) is 7.62. The maximum Gasteiger partial charge on any atom is 0.229 e. The van der Waals surface area contributed by atoms with E-state index in [0.717, 1.165) is 37.4 Å². The third-order valence-electron chi connectivity index (χ3n) is 3.26. The quantitative estimate of drug-likeness (QED) is 0.829. The fraction of sp³-hybridized carbons (Fsp3) is 0.412. The van der Waals surface area contributed by atoms with Gasteiger partial charge in [0.15, 0.2) is 0 Å². The van der Waals surface area contributed by atoms with Crippen LogP contribution in [0.25, 0.3) is 0 Å². The number of hydrogen-bond acceptors (Lipinski definition) is 4. The van der Waals surface area contributed by atoms with Crippen molar-refractivity contribution in [1.82, 2.24) is 9.97 Å². The molecule has 0 aliphatic carbocycles. The fourth-order valence-corrected chi connectivity index (χ4v) is 2.23. The monoisotopic (exact) mass is 284 g/mol. The van der Waals surface area contributed by atoms with Gasteiger partial charge in [-0.25, -0.2) is 4.98 Å². The molecule has 1 N–H and O–H groups in total. The Bertz CT molecular complexity index is 545. The van der Waals surface area contributed by atoms with E-state index < -0.39 is 0 Å². The highest BCUT2D eigenvalue weighted by molar-refractivity contribution is 5.55. The zero-order valence-electron chi connectivity index (χ0n) is 13.1. The van der Waals surface area contributed by atoms with Crippen molar-refractivity contribution in [2.75, 3.05) is 23.3 Å². The van der Waals surface area contributed by atoms with Gasteiger partial charge in [0.05, 0.1) is 0 Å². The number of nitrogens with zero attached hydrogens (tertiary/aromatic N) is 3. The van der Waals surface area contributed by atoms with Crippen molar-refractivity contribution >= 4 is 17.5 Å². The highest BCUT2D eigenvalue weighted by Gasteiger charge is 2.07. The lowest BCUT2D eigenvalue weighted by molar-refractivity contribution is 0.733. The zero-order valence-corrected chi connectivity index (χ0v) is 13.1. The second-order valence-electron chi connectivity index (χ2n) is 5.22. The first-order valence-electron chi connectivity index (χ1n) is 7.64. The molecule has 0 unspecified atom stereocenters. The number of aryl methyl sites for hydroxylation is 1. The summed E-state index contributed by atoms with van der Waals surface area (Å²) in [5, 5.41) is 3.26. The molecule has 0 radical (unpaired) electrons. The van der Waals surface area contributed by atoms with Crippen LogP contribution in [0.4, 0.5) is 17.5 Å². The molecular weight excluding hydrogens is 260 g/mol. The normalized spacial score (nSPS) is 10.4. The van der Waals surface area contributed by atoms with Gasteiger partial charge in [0, 0.05) is 25.0 Å². The Kier molecular flexibility index (Phi) is 5.55. The minimum Gasteiger partial charge on any atom is -0.356 e. The summed E-state index contributed by atoms with van der Waals surface area (Å²) in [6.45, 7) is 8.50. The largest absolute Gasteiger partial charge is 0.356 e. The second-order valence-corrected chi connectivity index (χ2v) is 5.22. The highest BCUT2D eigenvalue weighted by atomic mass is 15.2. The molecule has 0 saturated heterocycles. The van der Waals surface area contributed by atoms with Crippen LogP contribution in [0.2, 0.25) is 0 Å². The predicted octanol–water partition coefficient (Wildman–Crippen LogP) is 4.16. The Morgan fingerprint density at radius 3 is 2.29 bits per heavy atom. The van der Waals surface area contributed by atoms with Crippen molar-refractivity contribution in [2.45, 2.75) is 33.6 Å². The van der Waals surface area contributed by atoms with E-state index >= 15 is 0 Å². The van der Waals surface area contributed by atoms with Gasteiger partial charge in [0.1, 0.15) is 5.82 Å². The van der Waals surface area contributed by atoms with E-state index in [1.54, 1.807) is 0 Å². The summed E-state index contributed by atoms with van der Waals surface area (Å²) in [6, 6.07) is 10.2. The van der Waals surface area contributed by atoms with Crippen LogP contribution in [-0.2, 0) is 0 Å². The predicted molar refractivity (Wildman–Crippen MR) is 89.3 cm³/mol. The van der Waals surface area contributed by atoms with Gasteiger partial charge in [-0.1, -0.05) is 31.5 Å². The molecular formula is C17H24N4. The molecule has 0 saturated carbocycles. The Morgan fingerprint density at radius 2 is 1.67 bits per heavy atom. The molecule has 4 nitrogen and oxygen atoms in total. The van der Waals surface area contributed by atoms with E-state index in [4.69, 9.17) is 0 Å². The van der Waals surface area contributed by atoms with Crippen LogP contribution < -0.4 is 10.2 Å². The summed E-state index contributed by atoms with van der Waals surface area (Å²) in [6.07, 6.45) is 4.05. The summed E-state index contributed by atoms with van der Waals surface area (Å²) in [7, 11) is 0. The highest BCUT2D eigenvalue weighted by Crippen LogP contribution is 2.17. The fourth-order valence-electron chi connectivity index (χ4n) is 2.23. The van der Waals surface area contributed by atoms with E-state index in [-0.39, 0.29) is 0 Å². The first-order valence-corrected chi connectivity index (χ1v) is 7.64. The Hall–Kier alpha value is -2.10. The van der Waals surface area contributed by atoms with Crippen molar-refractivity contribution in [3.8, 4) is 0 Å². The molecule has 1 heterocycles. The molecule has 0 fully saturated rings. The van der Waals surface area contributed by atoms with E-state index in [1.807, 2.05) is 24.4 Å². The number of nitrogens with one attached hydrogen (secondary N) is 1. The molecule has 0 aliphatic heterocycles. The third-order valence-corrected chi connectivity index (χ3v) is 3.26. The lowest BCUT2D eigenvalue weighted by atomic mass is 10.2. The van der Waals surface area contributed by atoms with E-state index in [9.17, 15) is 0 Å². The number of hydrogen-bond donors (Lipinski definition) is 1. The van der Waals surface area contributed by atoms with Gasteiger partial charge < -0.3 is 10.2 Å². The molecule has 0 amide bonds. The van der Waals surface area contributed by atoms with Crippen LogP contribution in [0.15, 0.2) is 36.5 Å². The van der Waals surface area contributed by atoms with Crippen molar-refractivity contribution in [1.29, 1.82) is 0 Å². The Balaban J connectivity index is 2.14.